The fraction of sp³-hybridized carbons (Fsp3) is 0.333. The van der Waals surface area contributed by atoms with Gasteiger partial charge in [-0.15, -0.1) is 15.0 Å². The third-order valence-electron chi connectivity index (χ3n) is 4.19. The molecule has 0 amide bonds. The van der Waals surface area contributed by atoms with E-state index in [2.05, 4.69) is 34.2 Å². The number of aromatic hydroxyl groups is 1. The van der Waals surface area contributed by atoms with Crippen molar-refractivity contribution in [1.29, 1.82) is 0 Å². The molecular weight excluding hydrogens is 346 g/mol. The summed E-state index contributed by atoms with van der Waals surface area (Å²) in [7, 11) is 2.29. The van der Waals surface area contributed by atoms with Crippen LogP contribution in [0, 0.1) is 12.8 Å². The van der Waals surface area contributed by atoms with Crippen molar-refractivity contribution in [2.45, 2.75) is 32.9 Å². The maximum atomic E-state index is 10.8. The number of benzene rings is 2. The zero-order chi connectivity index (χ0) is 18.0. The standard InChI is InChI=1S/C18H21N3O2Si2/c1-12-8-14(9-13(2)11-25(3)23-24)18(22)17(10-12)21-19-15-6-4-5-7-16(15)20-21/h4-8,10,13,22H,9,11H2,1-3H3. The van der Waals surface area contributed by atoms with Crippen LogP contribution < -0.4 is 0 Å². The van der Waals surface area contributed by atoms with E-state index in [1.807, 2.05) is 43.3 Å². The number of fused-ring (bicyclic) bond motifs is 1. The first kappa shape index (κ1) is 17.8. The molecule has 0 bridgehead atoms. The predicted octanol–water partition coefficient (Wildman–Crippen LogP) is 3.33. The molecule has 0 aliphatic heterocycles. The largest absolute Gasteiger partial charge is 0.505 e. The van der Waals surface area contributed by atoms with Gasteiger partial charge in [0.15, 0.2) is 9.04 Å². The van der Waals surface area contributed by atoms with Crippen LogP contribution in [0.25, 0.3) is 16.7 Å². The fourth-order valence-corrected chi connectivity index (χ4v) is 4.55. The molecule has 5 nitrogen and oxygen atoms in total. The van der Waals surface area contributed by atoms with E-state index in [-0.39, 0.29) is 5.75 Å². The lowest BCUT2D eigenvalue weighted by Crippen LogP contribution is -2.16. The second-order valence-electron chi connectivity index (χ2n) is 6.59. The second kappa shape index (κ2) is 7.51. The molecule has 25 heavy (non-hydrogen) atoms. The van der Waals surface area contributed by atoms with Crippen molar-refractivity contribution in [2.24, 2.45) is 5.92 Å². The third-order valence-corrected chi connectivity index (χ3v) is 6.86. The Balaban J connectivity index is 1.94. The lowest BCUT2D eigenvalue weighted by Gasteiger charge is -2.17. The van der Waals surface area contributed by atoms with Crippen LogP contribution in [0.3, 0.4) is 0 Å². The summed E-state index contributed by atoms with van der Waals surface area (Å²) in [5, 5.41) is 19.8. The van der Waals surface area contributed by atoms with Gasteiger partial charge in [0, 0.05) is 0 Å². The van der Waals surface area contributed by atoms with Crippen LogP contribution in [0.15, 0.2) is 36.4 Å². The molecule has 0 saturated carbocycles. The molecule has 4 radical (unpaired) electrons. The highest BCUT2D eigenvalue weighted by Gasteiger charge is 2.17. The molecule has 3 aromatic rings. The summed E-state index contributed by atoms with van der Waals surface area (Å²) in [6.45, 7) is 6.33. The third kappa shape index (κ3) is 4.00. The van der Waals surface area contributed by atoms with Gasteiger partial charge in [-0.3, -0.25) is 0 Å². The molecule has 0 fully saturated rings. The van der Waals surface area contributed by atoms with Crippen molar-refractivity contribution in [1.82, 2.24) is 15.0 Å². The van der Waals surface area contributed by atoms with Crippen molar-refractivity contribution in [3.05, 3.63) is 47.5 Å². The minimum Gasteiger partial charge on any atom is -0.505 e. The van der Waals surface area contributed by atoms with Gasteiger partial charge in [-0.25, -0.2) is 0 Å². The molecule has 128 valence electrons. The Morgan fingerprint density at radius 1 is 1.24 bits per heavy atom. The summed E-state index contributed by atoms with van der Waals surface area (Å²) in [4.78, 5) is 1.53. The molecule has 1 heterocycles. The van der Waals surface area contributed by atoms with E-state index >= 15 is 0 Å². The zero-order valence-electron chi connectivity index (χ0n) is 14.7. The quantitative estimate of drug-likeness (QED) is 0.679. The average molecular weight is 368 g/mol. The zero-order valence-corrected chi connectivity index (χ0v) is 16.7. The molecule has 1 aromatic heterocycles. The van der Waals surface area contributed by atoms with E-state index in [9.17, 15) is 5.11 Å². The van der Waals surface area contributed by atoms with Gasteiger partial charge in [-0.2, -0.15) is 0 Å². The topological polar surface area (TPSA) is 60.2 Å². The van der Waals surface area contributed by atoms with Crippen LogP contribution in [0.1, 0.15) is 18.1 Å². The number of rotatable bonds is 6. The van der Waals surface area contributed by atoms with Gasteiger partial charge in [0.25, 0.3) is 0 Å². The Kier molecular flexibility index (Phi) is 5.36. The van der Waals surface area contributed by atoms with Crippen LogP contribution in [0.5, 0.6) is 5.75 Å². The minimum atomic E-state index is -0.847. The van der Waals surface area contributed by atoms with Crippen molar-refractivity contribution in [3.8, 4) is 11.4 Å². The van der Waals surface area contributed by atoms with E-state index < -0.39 is 9.04 Å². The molecule has 0 aliphatic carbocycles. The highest BCUT2D eigenvalue weighted by Crippen LogP contribution is 2.30. The lowest BCUT2D eigenvalue weighted by molar-refractivity contribution is 0.454. The molecule has 1 atom stereocenters. The van der Waals surface area contributed by atoms with Gasteiger partial charge in [-0.1, -0.05) is 25.1 Å². The number of phenols is 1. The summed E-state index contributed by atoms with van der Waals surface area (Å²) in [6.07, 6.45) is 0.791. The SMILES string of the molecule is Cc1cc(CC(C)C[Si](C)O[Si])c(O)c(-n2nc3ccccc3n2)c1. The Morgan fingerprint density at radius 3 is 2.48 bits per heavy atom. The summed E-state index contributed by atoms with van der Waals surface area (Å²) in [5.41, 5.74) is 4.25. The van der Waals surface area contributed by atoms with Crippen LogP contribution in [-0.4, -0.2) is 39.6 Å². The summed E-state index contributed by atoms with van der Waals surface area (Å²) in [5.74, 6) is 0.669. The maximum absolute atomic E-state index is 10.8. The Morgan fingerprint density at radius 2 is 1.88 bits per heavy atom. The predicted molar refractivity (Wildman–Crippen MR) is 101 cm³/mol. The van der Waals surface area contributed by atoms with E-state index in [0.717, 1.165) is 34.6 Å². The van der Waals surface area contributed by atoms with Gasteiger partial charge < -0.3 is 9.22 Å². The van der Waals surface area contributed by atoms with Crippen molar-refractivity contribution in [3.63, 3.8) is 0 Å². The Labute approximate surface area is 152 Å². The Hall–Kier alpha value is -1.97. The molecule has 3 rings (SSSR count). The van der Waals surface area contributed by atoms with E-state index in [1.54, 1.807) is 0 Å². The van der Waals surface area contributed by atoms with Gasteiger partial charge in [-0.05, 0) is 61.2 Å². The number of aromatic nitrogens is 3. The summed E-state index contributed by atoms with van der Waals surface area (Å²) < 4.78 is 5.26. The van der Waals surface area contributed by atoms with Gasteiger partial charge >= 0.3 is 0 Å². The first-order valence-corrected chi connectivity index (χ1v) is 10.8. The monoisotopic (exact) mass is 367 g/mol. The van der Waals surface area contributed by atoms with Crippen molar-refractivity contribution >= 4 is 30.6 Å². The first-order valence-electron chi connectivity index (χ1n) is 8.29. The fourth-order valence-electron chi connectivity index (χ4n) is 3.09. The average Bonchev–Trinajstić information content (AvgIpc) is 3.01. The molecule has 0 aliphatic rings. The van der Waals surface area contributed by atoms with E-state index in [4.69, 9.17) is 4.12 Å². The smallest absolute Gasteiger partial charge is 0.229 e. The summed E-state index contributed by atoms with van der Waals surface area (Å²) in [6, 6.07) is 12.6. The number of aryl methyl sites for hydroxylation is 1. The maximum Gasteiger partial charge on any atom is 0.229 e. The van der Waals surface area contributed by atoms with E-state index in [1.165, 1.54) is 4.80 Å². The normalized spacial score (nSPS) is 12.8. The first-order chi connectivity index (χ1) is 12.0. The highest BCUT2D eigenvalue weighted by molar-refractivity contribution is 6.54. The molecular formula is C18H21N3O2Si2. The lowest BCUT2D eigenvalue weighted by atomic mass is 9.99. The number of phenolic OH excluding ortho intramolecular Hbond substituents is 1. The van der Waals surface area contributed by atoms with Crippen LogP contribution >= 0.6 is 0 Å². The Bertz CT molecular complexity index is 849. The second-order valence-corrected chi connectivity index (χ2v) is 9.22. The number of nitrogens with zero attached hydrogens (tertiary/aromatic N) is 3. The minimum absolute atomic E-state index is 0.252. The van der Waals surface area contributed by atoms with Crippen molar-refractivity contribution < 1.29 is 9.22 Å². The van der Waals surface area contributed by atoms with Crippen LogP contribution in [0.2, 0.25) is 12.6 Å². The molecule has 0 saturated heterocycles. The molecule has 1 N–H and O–H groups in total. The molecule has 1 unspecified atom stereocenters. The number of hydrogen-bond donors (Lipinski definition) is 1. The van der Waals surface area contributed by atoms with E-state index in [0.29, 0.717) is 11.6 Å². The van der Waals surface area contributed by atoms with Gasteiger partial charge in [0.1, 0.15) is 22.5 Å². The van der Waals surface area contributed by atoms with Gasteiger partial charge in [0.2, 0.25) is 10.5 Å². The van der Waals surface area contributed by atoms with Crippen molar-refractivity contribution in [2.75, 3.05) is 0 Å². The molecule has 7 heteroatoms. The van der Waals surface area contributed by atoms with Gasteiger partial charge in [0.05, 0.1) is 0 Å². The molecule has 0 spiro atoms. The van der Waals surface area contributed by atoms with Crippen LogP contribution in [-0.2, 0) is 10.5 Å². The highest BCUT2D eigenvalue weighted by atomic mass is 28.3. The number of hydrogen-bond acceptors (Lipinski definition) is 4. The summed E-state index contributed by atoms with van der Waals surface area (Å²) >= 11 is 0. The van der Waals surface area contributed by atoms with Crippen LogP contribution in [0.4, 0.5) is 0 Å². The molecule has 2 aromatic carbocycles.